The summed E-state index contributed by atoms with van der Waals surface area (Å²) < 4.78 is 5.21. The quantitative estimate of drug-likeness (QED) is 0.798. The van der Waals surface area contributed by atoms with Gasteiger partial charge in [-0.05, 0) is 33.2 Å². The molecule has 5 nitrogen and oxygen atoms in total. The van der Waals surface area contributed by atoms with E-state index in [1.165, 1.54) is 4.88 Å². The van der Waals surface area contributed by atoms with Gasteiger partial charge in [0.05, 0.1) is 12.3 Å². The monoisotopic (exact) mass is 309 g/mol. The molecule has 0 spiro atoms. The van der Waals surface area contributed by atoms with Crippen LogP contribution in [0.4, 0.5) is 5.13 Å². The first-order valence-electron chi connectivity index (χ1n) is 7.78. The highest BCUT2D eigenvalue weighted by atomic mass is 32.1. The Hall–Kier alpha value is -1.14. The van der Waals surface area contributed by atoms with Gasteiger partial charge in [0.1, 0.15) is 5.92 Å². The number of hydrogen-bond donors (Lipinski definition) is 0. The Morgan fingerprint density at radius 3 is 2.86 bits per heavy atom. The van der Waals surface area contributed by atoms with E-state index in [4.69, 9.17) is 9.72 Å². The van der Waals surface area contributed by atoms with Crippen molar-refractivity contribution in [1.82, 2.24) is 9.88 Å². The minimum absolute atomic E-state index is 0.103. The van der Waals surface area contributed by atoms with Crippen LogP contribution in [0.1, 0.15) is 36.3 Å². The van der Waals surface area contributed by atoms with Crippen LogP contribution in [0.2, 0.25) is 0 Å². The number of carbonyl (C=O) groups excluding carboxylic acids is 1. The van der Waals surface area contributed by atoms with E-state index in [0.717, 1.165) is 56.3 Å². The van der Waals surface area contributed by atoms with E-state index in [9.17, 15) is 4.79 Å². The summed E-state index contributed by atoms with van der Waals surface area (Å²) in [5.74, 6) is -0.250. The fourth-order valence-corrected chi connectivity index (χ4v) is 4.23. The first-order chi connectivity index (χ1) is 10.2. The second-order valence-corrected chi connectivity index (χ2v) is 6.85. The van der Waals surface area contributed by atoms with Gasteiger partial charge < -0.3 is 14.5 Å². The number of anilines is 1. The fourth-order valence-electron chi connectivity index (χ4n) is 3.01. The molecule has 1 aromatic heterocycles. The lowest BCUT2D eigenvalue weighted by Crippen LogP contribution is -2.44. The normalized spacial score (nSPS) is 23.0. The molecular weight excluding hydrogens is 286 g/mol. The average molecular weight is 309 g/mol. The van der Waals surface area contributed by atoms with Crippen LogP contribution in [-0.4, -0.2) is 55.7 Å². The van der Waals surface area contributed by atoms with Gasteiger partial charge in [0.15, 0.2) is 5.13 Å². The number of thiazole rings is 1. The van der Waals surface area contributed by atoms with Gasteiger partial charge in [0.2, 0.25) is 0 Å². The van der Waals surface area contributed by atoms with Gasteiger partial charge in [-0.25, -0.2) is 4.98 Å². The first-order valence-corrected chi connectivity index (χ1v) is 8.60. The number of aromatic nitrogens is 1. The molecule has 116 valence electrons. The van der Waals surface area contributed by atoms with Gasteiger partial charge in [-0.2, -0.15) is 0 Å². The lowest BCUT2D eigenvalue weighted by molar-refractivity contribution is -0.145. The van der Waals surface area contributed by atoms with E-state index < -0.39 is 0 Å². The van der Waals surface area contributed by atoms with Crippen molar-refractivity contribution in [3.8, 4) is 0 Å². The number of rotatable bonds is 3. The number of nitrogens with zero attached hydrogens (tertiary/aromatic N) is 3. The summed E-state index contributed by atoms with van der Waals surface area (Å²) in [6.45, 7) is 6.50. The summed E-state index contributed by atoms with van der Waals surface area (Å²) >= 11 is 1.77. The number of aryl methyl sites for hydroxylation is 1. The van der Waals surface area contributed by atoms with Gasteiger partial charge >= 0.3 is 5.97 Å². The van der Waals surface area contributed by atoms with Crippen LogP contribution in [0.5, 0.6) is 0 Å². The van der Waals surface area contributed by atoms with Crippen molar-refractivity contribution in [3.63, 3.8) is 0 Å². The third kappa shape index (κ3) is 3.06. The molecule has 1 unspecified atom stereocenters. The van der Waals surface area contributed by atoms with Crippen molar-refractivity contribution in [2.45, 2.75) is 32.1 Å². The maximum absolute atomic E-state index is 12.1. The molecule has 3 rings (SSSR count). The highest BCUT2D eigenvalue weighted by Gasteiger charge is 2.32. The molecule has 6 heteroatoms. The van der Waals surface area contributed by atoms with Crippen LogP contribution >= 0.6 is 11.3 Å². The fraction of sp³-hybridized carbons (Fsp3) is 0.733. The zero-order valence-electron chi connectivity index (χ0n) is 12.8. The van der Waals surface area contributed by atoms with Crippen LogP contribution < -0.4 is 4.90 Å². The molecule has 1 aliphatic heterocycles. The smallest absolute Gasteiger partial charge is 0.315 e. The molecule has 1 aromatic rings. The van der Waals surface area contributed by atoms with E-state index in [2.05, 4.69) is 16.8 Å². The minimum atomic E-state index is -0.147. The van der Waals surface area contributed by atoms with Crippen LogP contribution in [0, 0.1) is 0 Å². The van der Waals surface area contributed by atoms with E-state index in [0.29, 0.717) is 6.61 Å². The van der Waals surface area contributed by atoms with Crippen molar-refractivity contribution in [2.75, 3.05) is 44.7 Å². The van der Waals surface area contributed by atoms with Gasteiger partial charge in [0.25, 0.3) is 0 Å². The SMILES string of the molecule is CCOC(=O)C1CCCc2sc(N3CCN(C)CC3)nc21. The Labute approximate surface area is 129 Å². The Balaban J connectivity index is 1.79. The number of carbonyl (C=O) groups is 1. The van der Waals surface area contributed by atoms with E-state index in [1.54, 1.807) is 11.3 Å². The third-order valence-corrected chi connectivity index (χ3v) is 5.48. The molecule has 1 fully saturated rings. The Morgan fingerprint density at radius 1 is 1.38 bits per heavy atom. The van der Waals surface area contributed by atoms with E-state index in [1.807, 2.05) is 6.92 Å². The van der Waals surface area contributed by atoms with Gasteiger partial charge in [0, 0.05) is 31.1 Å². The Morgan fingerprint density at radius 2 is 2.14 bits per heavy atom. The molecule has 0 radical (unpaired) electrons. The lowest BCUT2D eigenvalue weighted by atomic mass is 9.91. The molecule has 21 heavy (non-hydrogen) atoms. The van der Waals surface area contributed by atoms with Crippen LogP contribution in [0.25, 0.3) is 0 Å². The molecule has 0 amide bonds. The summed E-state index contributed by atoms with van der Waals surface area (Å²) in [6.07, 6.45) is 2.98. The summed E-state index contributed by atoms with van der Waals surface area (Å²) in [7, 11) is 2.15. The average Bonchev–Trinajstić information content (AvgIpc) is 2.92. The van der Waals surface area contributed by atoms with Gasteiger partial charge in [-0.15, -0.1) is 11.3 Å². The topological polar surface area (TPSA) is 45.7 Å². The van der Waals surface area contributed by atoms with E-state index in [-0.39, 0.29) is 11.9 Å². The standard InChI is InChI=1S/C15H23N3O2S/c1-3-20-14(19)11-5-4-6-12-13(11)16-15(21-12)18-9-7-17(2)8-10-18/h11H,3-10H2,1-2H3. The van der Waals surface area contributed by atoms with Gasteiger partial charge in [-0.1, -0.05) is 0 Å². The number of esters is 1. The predicted molar refractivity (Wildman–Crippen MR) is 84.1 cm³/mol. The van der Waals surface area contributed by atoms with Crippen molar-refractivity contribution < 1.29 is 9.53 Å². The lowest BCUT2D eigenvalue weighted by Gasteiger charge is -2.32. The first kappa shape index (κ1) is 14.8. The van der Waals surface area contributed by atoms with Crippen LogP contribution in [0.15, 0.2) is 0 Å². The molecular formula is C15H23N3O2S. The zero-order valence-corrected chi connectivity index (χ0v) is 13.6. The van der Waals surface area contributed by atoms with Crippen LogP contribution in [-0.2, 0) is 16.0 Å². The highest BCUT2D eigenvalue weighted by Crippen LogP contribution is 2.38. The molecule has 2 heterocycles. The summed E-state index contributed by atoms with van der Waals surface area (Å²) in [4.78, 5) is 22.9. The maximum atomic E-state index is 12.1. The summed E-state index contributed by atoms with van der Waals surface area (Å²) in [5.41, 5.74) is 0.985. The minimum Gasteiger partial charge on any atom is -0.465 e. The molecule has 1 aliphatic carbocycles. The summed E-state index contributed by atoms with van der Waals surface area (Å²) in [5, 5.41) is 1.09. The molecule has 0 saturated carbocycles. The zero-order chi connectivity index (χ0) is 14.8. The van der Waals surface area contributed by atoms with Crippen molar-refractivity contribution in [2.24, 2.45) is 0 Å². The van der Waals surface area contributed by atoms with Gasteiger partial charge in [-0.3, -0.25) is 4.79 Å². The summed E-state index contributed by atoms with van der Waals surface area (Å²) in [6, 6.07) is 0. The second kappa shape index (κ2) is 6.32. The van der Waals surface area contributed by atoms with E-state index >= 15 is 0 Å². The number of likely N-dealkylation sites (N-methyl/N-ethyl adjacent to an activating group) is 1. The molecule has 0 bridgehead atoms. The number of hydrogen-bond acceptors (Lipinski definition) is 6. The Kier molecular flexibility index (Phi) is 4.45. The number of ether oxygens (including phenoxy) is 1. The van der Waals surface area contributed by atoms with Crippen LogP contribution in [0.3, 0.4) is 0 Å². The third-order valence-electron chi connectivity index (χ3n) is 4.29. The van der Waals surface area contributed by atoms with Crippen molar-refractivity contribution in [1.29, 1.82) is 0 Å². The molecule has 0 N–H and O–H groups in total. The number of piperazine rings is 1. The molecule has 2 aliphatic rings. The van der Waals surface area contributed by atoms with Crippen molar-refractivity contribution >= 4 is 22.4 Å². The Bertz CT molecular complexity index is 509. The predicted octanol–water partition coefficient (Wildman–Crippen LogP) is 1.88. The molecule has 1 saturated heterocycles. The second-order valence-electron chi connectivity index (χ2n) is 5.79. The molecule has 1 atom stereocenters. The van der Waals surface area contributed by atoms with Crippen molar-refractivity contribution in [3.05, 3.63) is 10.6 Å². The number of fused-ring (bicyclic) bond motifs is 1. The maximum Gasteiger partial charge on any atom is 0.315 e. The highest BCUT2D eigenvalue weighted by molar-refractivity contribution is 7.15. The molecule has 0 aromatic carbocycles. The largest absolute Gasteiger partial charge is 0.465 e.